The highest BCUT2D eigenvalue weighted by molar-refractivity contribution is 9.10. The Hall–Kier alpha value is -3.28. The summed E-state index contributed by atoms with van der Waals surface area (Å²) in [5.41, 5.74) is 1.75. The molecule has 0 aliphatic rings. The second-order valence-electron chi connectivity index (χ2n) is 9.77. The zero-order valence-corrected chi connectivity index (χ0v) is 25.9. The summed E-state index contributed by atoms with van der Waals surface area (Å²) in [4.78, 5) is 29.2. The standard InChI is InChI=1S/C30H36BrFN4O4S/c1-4-5-19-33-30(38)28(20-23-9-7-6-8-10-23)35(21-24-11-13-25(31)14-12-24)29(37)22-36(41(39,40)34(2)3)27-17-15-26(32)16-18-27/h6-18,28H,4-5,19-22H2,1-3H3,(H,33,38). The Morgan fingerprint density at radius 1 is 0.927 bits per heavy atom. The Morgan fingerprint density at radius 2 is 1.56 bits per heavy atom. The van der Waals surface area contributed by atoms with Crippen LogP contribution in [0.3, 0.4) is 0 Å². The third-order valence-electron chi connectivity index (χ3n) is 6.50. The van der Waals surface area contributed by atoms with Gasteiger partial charge in [-0.3, -0.25) is 9.59 Å². The van der Waals surface area contributed by atoms with Crippen LogP contribution in [0.15, 0.2) is 83.3 Å². The van der Waals surface area contributed by atoms with Crippen molar-refractivity contribution in [3.63, 3.8) is 0 Å². The van der Waals surface area contributed by atoms with Crippen molar-refractivity contribution in [2.24, 2.45) is 0 Å². The molecular weight excluding hydrogens is 611 g/mol. The monoisotopic (exact) mass is 646 g/mol. The molecule has 0 aliphatic heterocycles. The number of hydrogen-bond acceptors (Lipinski definition) is 4. The molecule has 220 valence electrons. The smallest absolute Gasteiger partial charge is 0.304 e. The maximum atomic E-state index is 14.1. The van der Waals surface area contributed by atoms with Crippen LogP contribution in [0.1, 0.15) is 30.9 Å². The summed E-state index contributed by atoms with van der Waals surface area (Å²) in [6.45, 7) is 1.96. The van der Waals surface area contributed by atoms with Gasteiger partial charge in [-0.15, -0.1) is 0 Å². The van der Waals surface area contributed by atoms with Crippen molar-refractivity contribution in [2.45, 2.75) is 38.8 Å². The minimum absolute atomic E-state index is 0.0735. The fraction of sp³-hybridized carbons (Fsp3) is 0.333. The number of carbonyl (C=O) groups is 2. The lowest BCUT2D eigenvalue weighted by atomic mass is 10.0. The SMILES string of the molecule is CCCCNC(=O)C(Cc1ccccc1)N(Cc1ccc(Br)cc1)C(=O)CN(c1ccc(F)cc1)S(=O)(=O)N(C)C. The summed E-state index contributed by atoms with van der Waals surface area (Å²) in [5.74, 6) is -1.43. The van der Waals surface area contributed by atoms with E-state index in [-0.39, 0.29) is 24.6 Å². The van der Waals surface area contributed by atoms with E-state index in [9.17, 15) is 22.4 Å². The van der Waals surface area contributed by atoms with Crippen molar-refractivity contribution < 1.29 is 22.4 Å². The lowest BCUT2D eigenvalue weighted by Gasteiger charge is -2.34. The van der Waals surface area contributed by atoms with Crippen LogP contribution >= 0.6 is 15.9 Å². The van der Waals surface area contributed by atoms with Crippen LogP contribution in [0.4, 0.5) is 10.1 Å². The average molecular weight is 648 g/mol. The minimum atomic E-state index is -4.14. The van der Waals surface area contributed by atoms with Gasteiger partial charge in [0, 0.05) is 38.1 Å². The van der Waals surface area contributed by atoms with Gasteiger partial charge in [-0.1, -0.05) is 71.7 Å². The summed E-state index contributed by atoms with van der Waals surface area (Å²) >= 11 is 3.42. The molecule has 0 saturated heterocycles. The second kappa shape index (κ2) is 15.1. The first-order chi connectivity index (χ1) is 19.5. The highest BCUT2D eigenvalue weighted by Crippen LogP contribution is 2.22. The van der Waals surface area contributed by atoms with Crippen molar-refractivity contribution in [1.29, 1.82) is 0 Å². The number of unbranched alkanes of at least 4 members (excludes halogenated alkanes) is 1. The molecule has 3 rings (SSSR count). The number of halogens is 2. The number of hydrogen-bond donors (Lipinski definition) is 1. The van der Waals surface area contributed by atoms with E-state index in [2.05, 4.69) is 21.2 Å². The van der Waals surface area contributed by atoms with Crippen LogP contribution in [0, 0.1) is 5.82 Å². The molecule has 1 atom stereocenters. The molecule has 2 amide bonds. The maximum absolute atomic E-state index is 14.1. The number of benzene rings is 3. The first-order valence-electron chi connectivity index (χ1n) is 13.3. The van der Waals surface area contributed by atoms with Gasteiger partial charge in [0.25, 0.3) is 0 Å². The highest BCUT2D eigenvalue weighted by atomic mass is 79.9. The number of anilines is 1. The Morgan fingerprint density at radius 3 is 2.15 bits per heavy atom. The normalized spacial score (nSPS) is 12.1. The highest BCUT2D eigenvalue weighted by Gasteiger charge is 2.34. The molecule has 0 radical (unpaired) electrons. The summed E-state index contributed by atoms with van der Waals surface area (Å²) in [7, 11) is -1.43. The first-order valence-corrected chi connectivity index (χ1v) is 15.5. The fourth-order valence-corrected chi connectivity index (χ4v) is 5.49. The van der Waals surface area contributed by atoms with E-state index >= 15 is 0 Å². The van der Waals surface area contributed by atoms with E-state index < -0.39 is 34.5 Å². The predicted octanol–water partition coefficient (Wildman–Crippen LogP) is 4.76. The van der Waals surface area contributed by atoms with E-state index in [1.54, 1.807) is 0 Å². The van der Waals surface area contributed by atoms with Gasteiger partial charge in [0.05, 0.1) is 5.69 Å². The molecule has 0 aliphatic carbocycles. The fourth-order valence-electron chi connectivity index (χ4n) is 4.17. The molecule has 3 aromatic carbocycles. The molecule has 1 unspecified atom stereocenters. The largest absolute Gasteiger partial charge is 0.354 e. The summed E-state index contributed by atoms with van der Waals surface area (Å²) < 4.78 is 43.2. The van der Waals surface area contributed by atoms with Crippen molar-refractivity contribution in [3.05, 3.63) is 100 Å². The molecule has 3 aromatic rings. The van der Waals surface area contributed by atoms with Crippen LogP contribution in [-0.2, 0) is 32.8 Å². The zero-order chi connectivity index (χ0) is 30.0. The third-order valence-corrected chi connectivity index (χ3v) is 8.85. The molecule has 0 heterocycles. The first kappa shape index (κ1) is 32.2. The number of carbonyl (C=O) groups excluding carboxylic acids is 2. The Balaban J connectivity index is 2.06. The van der Waals surface area contributed by atoms with Gasteiger partial charge in [0.1, 0.15) is 18.4 Å². The summed E-state index contributed by atoms with van der Waals surface area (Å²) in [6, 6.07) is 20.7. The topological polar surface area (TPSA) is 90.0 Å². The maximum Gasteiger partial charge on any atom is 0.304 e. The van der Waals surface area contributed by atoms with Crippen molar-refractivity contribution in [1.82, 2.24) is 14.5 Å². The number of nitrogens with zero attached hydrogens (tertiary/aromatic N) is 3. The van der Waals surface area contributed by atoms with Gasteiger partial charge < -0.3 is 10.2 Å². The van der Waals surface area contributed by atoms with Crippen LogP contribution in [0.5, 0.6) is 0 Å². The molecule has 8 nitrogen and oxygen atoms in total. The lowest BCUT2D eigenvalue weighted by Crippen LogP contribution is -2.54. The summed E-state index contributed by atoms with van der Waals surface area (Å²) in [5, 5.41) is 2.95. The molecular formula is C30H36BrFN4O4S. The van der Waals surface area contributed by atoms with Crippen LogP contribution in [0.2, 0.25) is 0 Å². The number of nitrogens with one attached hydrogen (secondary N) is 1. The number of amides is 2. The quantitative estimate of drug-likeness (QED) is 0.256. The van der Waals surface area contributed by atoms with Crippen molar-refractivity contribution in [3.8, 4) is 0 Å². The molecule has 0 spiro atoms. The molecule has 41 heavy (non-hydrogen) atoms. The lowest BCUT2D eigenvalue weighted by molar-refractivity contribution is -0.140. The molecule has 0 bridgehead atoms. The van der Waals surface area contributed by atoms with Gasteiger partial charge >= 0.3 is 10.2 Å². The second-order valence-corrected chi connectivity index (χ2v) is 12.8. The molecule has 0 saturated carbocycles. The van der Waals surface area contributed by atoms with Gasteiger partial charge in [-0.2, -0.15) is 12.7 Å². The van der Waals surface area contributed by atoms with Crippen LogP contribution < -0.4 is 9.62 Å². The number of rotatable bonds is 14. The van der Waals surface area contributed by atoms with E-state index in [1.165, 1.54) is 31.1 Å². The van der Waals surface area contributed by atoms with Crippen LogP contribution in [0.25, 0.3) is 0 Å². The Kier molecular flexibility index (Phi) is 11.9. The third kappa shape index (κ3) is 9.11. The van der Waals surface area contributed by atoms with Gasteiger partial charge in [0.15, 0.2) is 0 Å². The zero-order valence-electron chi connectivity index (χ0n) is 23.5. The minimum Gasteiger partial charge on any atom is -0.354 e. The van der Waals surface area contributed by atoms with E-state index in [0.717, 1.165) is 49.2 Å². The van der Waals surface area contributed by atoms with Crippen molar-refractivity contribution in [2.75, 3.05) is 31.5 Å². The molecule has 0 fully saturated rings. The van der Waals surface area contributed by atoms with Gasteiger partial charge in [-0.05, 0) is 53.9 Å². The van der Waals surface area contributed by atoms with E-state index in [0.29, 0.717) is 6.54 Å². The Labute approximate surface area is 250 Å². The van der Waals surface area contributed by atoms with Gasteiger partial charge in [-0.25, -0.2) is 8.70 Å². The Bertz CT molecular complexity index is 1390. The molecule has 1 N–H and O–H groups in total. The van der Waals surface area contributed by atoms with Crippen LogP contribution in [-0.4, -0.2) is 62.7 Å². The predicted molar refractivity (Wildman–Crippen MR) is 163 cm³/mol. The van der Waals surface area contributed by atoms with Gasteiger partial charge in [0.2, 0.25) is 11.8 Å². The van der Waals surface area contributed by atoms with Crippen molar-refractivity contribution >= 4 is 43.6 Å². The van der Waals surface area contributed by atoms with E-state index in [4.69, 9.17) is 0 Å². The average Bonchev–Trinajstić information content (AvgIpc) is 2.95. The van der Waals surface area contributed by atoms with E-state index in [1.807, 2.05) is 61.5 Å². The molecule has 11 heteroatoms. The molecule has 0 aromatic heterocycles. The summed E-state index contributed by atoms with van der Waals surface area (Å²) in [6.07, 6.45) is 1.90.